The summed E-state index contributed by atoms with van der Waals surface area (Å²) >= 11 is 0. The van der Waals surface area contributed by atoms with E-state index in [2.05, 4.69) is 4.98 Å². The molecule has 0 aliphatic heterocycles. The number of aryl methyl sites for hydroxylation is 2. The minimum Gasteiger partial charge on any atom is -0.473 e. The van der Waals surface area contributed by atoms with Gasteiger partial charge in [0.25, 0.3) is 0 Å². The third-order valence-electron chi connectivity index (χ3n) is 3.02. The van der Waals surface area contributed by atoms with Gasteiger partial charge >= 0.3 is 0 Å². The molecular formula is C17H19NO2. The van der Waals surface area contributed by atoms with E-state index in [1.165, 1.54) is 0 Å². The third-order valence-corrected chi connectivity index (χ3v) is 3.02. The summed E-state index contributed by atoms with van der Waals surface area (Å²) in [6.07, 6.45) is 3.94. The molecule has 0 saturated carbocycles. The highest BCUT2D eigenvalue weighted by Crippen LogP contribution is 2.20. The van der Waals surface area contributed by atoms with Crippen LogP contribution in [-0.2, 0) is 6.61 Å². The summed E-state index contributed by atoms with van der Waals surface area (Å²) in [4.78, 5) is 4.33. The number of aromatic nitrogens is 1. The first-order valence-corrected chi connectivity index (χ1v) is 6.63. The van der Waals surface area contributed by atoms with Crippen LogP contribution in [0.5, 0.6) is 5.88 Å². The van der Waals surface area contributed by atoms with Crippen molar-refractivity contribution >= 4 is 6.08 Å². The van der Waals surface area contributed by atoms with E-state index >= 15 is 0 Å². The average molecular weight is 269 g/mol. The maximum Gasteiger partial charge on any atom is 0.219 e. The van der Waals surface area contributed by atoms with Crippen LogP contribution in [0, 0.1) is 13.8 Å². The summed E-state index contributed by atoms with van der Waals surface area (Å²) in [7, 11) is 0. The number of benzene rings is 1. The molecule has 104 valence electrons. The summed E-state index contributed by atoms with van der Waals surface area (Å²) in [5.41, 5.74) is 3.78. The molecule has 3 heteroatoms. The molecule has 0 aliphatic rings. The molecule has 1 aromatic heterocycles. The van der Waals surface area contributed by atoms with Gasteiger partial charge in [-0.25, -0.2) is 4.98 Å². The van der Waals surface area contributed by atoms with Crippen molar-refractivity contribution in [1.29, 1.82) is 0 Å². The summed E-state index contributed by atoms with van der Waals surface area (Å²) in [6.45, 7) is 4.24. The van der Waals surface area contributed by atoms with E-state index in [1.807, 2.05) is 62.4 Å². The fraction of sp³-hybridized carbons (Fsp3) is 0.235. The van der Waals surface area contributed by atoms with E-state index in [1.54, 1.807) is 0 Å². The molecule has 0 unspecified atom stereocenters. The van der Waals surface area contributed by atoms with Gasteiger partial charge in [-0.3, -0.25) is 0 Å². The van der Waals surface area contributed by atoms with Crippen molar-refractivity contribution < 1.29 is 9.84 Å². The minimum atomic E-state index is -0.0587. The molecule has 2 aromatic rings. The van der Waals surface area contributed by atoms with Gasteiger partial charge in [-0.2, -0.15) is 0 Å². The van der Waals surface area contributed by atoms with Gasteiger partial charge in [0.2, 0.25) is 5.88 Å². The van der Waals surface area contributed by atoms with E-state index < -0.39 is 0 Å². The summed E-state index contributed by atoms with van der Waals surface area (Å²) in [6, 6.07) is 12.0. The lowest BCUT2D eigenvalue weighted by Crippen LogP contribution is -2.03. The lowest BCUT2D eigenvalue weighted by atomic mass is 10.1. The first kappa shape index (κ1) is 14.3. The van der Waals surface area contributed by atoms with Crippen LogP contribution in [-0.4, -0.2) is 16.7 Å². The van der Waals surface area contributed by atoms with Crippen LogP contribution in [0.15, 0.2) is 42.5 Å². The lowest BCUT2D eigenvalue weighted by Gasteiger charge is -2.11. The van der Waals surface area contributed by atoms with E-state index in [-0.39, 0.29) is 6.61 Å². The number of aliphatic hydroxyl groups excluding tert-OH is 1. The predicted molar refractivity (Wildman–Crippen MR) is 80.6 cm³/mol. The fourth-order valence-corrected chi connectivity index (χ4v) is 2.02. The Bertz CT molecular complexity index is 591. The molecule has 0 fully saturated rings. The quantitative estimate of drug-likeness (QED) is 0.905. The second kappa shape index (κ2) is 6.87. The zero-order valence-electron chi connectivity index (χ0n) is 11.8. The van der Waals surface area contributed by atoms with E-state index in [0.717, 1.165) is 22.4 Å². The third kappa shape index (κ3) is 3.68. The Kier molecular flexibility index (Phi) is 4.91. The Balaban J connectivity index is 2.02. The number of rotatable bonds is 5. The molecular weight excluding hydrogens is 250 g/mol. The highest BCUT2D eigenvalue weighted by atomic mass is 16.5. The van der Waals surface area contributed by atoms with Gasteiger partial charge in [-0.1, -0.05) is 36.4 Å². The first-order chi connectivity index (χ1) is 9.70. The zero-order valence-corrected chi connectivity index (χ0v) is 11.8. The van der Waals surface area contributed by atoms with E-state index in [4.69, 9.17) is 4.74 Å². The fourth-order valence-electron chi connectivity index (χ4n) is 2.02. The Morgan fingerprint density at radius 2 is 1.95 bits per heavy atom. The molecule has 0 atom stereocenters. The summed E-state index contributed by atoms with van der Waals surface area (Å²) < 4.78 is 5.65. The van der Waals surface area contributed by atoms with Crippen molar-refractivity contribution in [3.63, 3.8) is 0 Å². The molecule has 1 N–H and O–H groups in total. The molecule has 0 aliphatic carbocycles. The molecule has 20 heavy (non-hydrogen) atoms. The molecule has 0 saturated heterocycles. The standard InChI is InChI=1S/C17H19NO2/c1-13-11-14(2)18-17(16(13)12-19)20-10-6-9-15-7-4-3-5-8-15/h3-9,11,19H,10,12H2,1-2H3/b9-6+. The van der Waals surface area contributed by atoms with Gasteiger partial charge in [0.05, 0.1) is 6.61 Å². The van der Waals surface area contributed by atoms with Crippen LogP contribution in [0.4, 0.5) is 0 Å². The van der Waals surface area contributed by atoms with Crippen LogP contribution in [0.1, 0.15) is 22.4 Å². The van der Waals surface area contributed by atoms with Gasteiger partial charge < -0.3 is 9.84 Å². The van der Waals surface area contributed by atoms with E-state index in [9.17, 15) is 5.11 Å². The molecule has 0 radical (unpaired) electrons. The van der Waals surface area contributed by atoms with Gasteiger partial charge in [0.1, 0.15) is 6.61 Å². The van der Waals surface area contributed by atoms with Crippen LogP contribution in [0.2, 0.25) is 0 Å². The molecule has 2 rings (SSSR count). The Morgan fingerprint density at radius 1 is 1.20 bits per heavy atom. The van der Waals surface area contributed by atoms with Crippen molar-refractivity contribution in [3.8, 4) is 5.88 Å². The first-order valence-electron chi connectivity index (χ1n) is 6.63. The number of nitrogens with zero attached hydrogens (tertiary/aromatic N) is 1. The number of ether oxygens (including phenoxy) is 1. The van der Waals surface area contributed by atoms with Crippen LogP contribution < -0.4 is 4.74 Å². The molecule has 3 nitrogen and oxygen atoms in total. The SMILES string of the molecule is Cc1cc(C)c(CO)c(OC/C=C/c2ccccc2)n1. The van der Waals surface area contributed by atoms with Gasteiger partial charge in [0.15, 0.2) is 0 Å². The molecule has 0 spiro atoms. The highest BCUT2D eigenvalue weighted by molar-refractivity contribution is 5.48. The largest absolute Gasteiger partial charge is 0.473 e. The smallest absolute Gasteiger partial charge is 0.219 e. The van der Waals surface area contributed by atoms with Crippen molar-refractivity contribution in [2.75, 3.05) is 6.61 Å². The second-order valence-electron chi connectivity index (χ2n) is 4.65. The molecule has 1 aromatic carbocycles. The Morgan fingerprint density at radius 3 is 2.65 bits per heavy atom. The van der Waals surface area contributed by atoms with E-state index in [0.29, 0.717) is 12.5 Å². The maximum absolute atomic E-state index is 9.39. The lowest BCUT2D eigenvalue weighted by molar-refractivity contribution is 0.265. The van der Waals surface area contributed by atoms with Crippen LogP contribution in [0.3, 0.4) is 0 Å². The Hall–Kier alpha value is -2.13. The van der Waals surface area contributed by atoms with Gasteiger partial charge in [0, 0.05) is 11.3 Å². The van der Waals surface area contributed by atoms with Crippen LogP contribution in [0.25, 0.3) is 6.08 Å². The number of aliphatic hydroxyl groups is 1. The summed E-state index contributed by atoms with van der Waals surface area (Å²) in [5.74, 6) is 0.516. The van der Waals surface area contributed by atoms with Crippen molar-refractivity contribution in [2.45, 2.75) is 20.5 Å². The highest BCUT2D eigenvalue weighted by Gasteiger charge is 2.08. The molecule has 1 heterocycles. The number of pyridine rings is 1. The predicted octanol–water partition coefficient (Wildman–Crippen LogP) is 3.28. The topological polar surface area (TPSA) is 42.4 Å². The minimum absolute atomic E-state index is 0.0587. The maximum atomic E-state index is 9.39. The van der Waals surface area contributed by atoms with Crippen molar-refractivity contribution in [1.82, 2.24) is 4.98 Å². The normalized spacial score (nSPS) is 10.9. The zero-order chi connectivity index (χ0) is 14.4. The summed E-state index contributed by atoms with van der Waals surface area (Å²) in [5, 5.41) is 9.39. The Labute approximate surface area is 119 Å². The van der Waals surface area contributed by atoms with Gasteiger partial charge in [-0.15, -0.1) is 0 Å². The monoisotopic (exact) mass is 269 g/mol. The number of hydrogen-bond donors (Lipinski definition) is 1. The second-order valence-corrected chi connectivity index (χ2v) is 4.65. The van der Waals surface area contributed by atoms with Crippen molar-refractivity contribution in [2.24, 2.45) is 0 Å². The molecule has 0 amide bonds. The molecule has 0 bridgehead atoms. The number of hydrogen-bond acceptors (Lipinski definition) is 3. The van der Waals surface area contributed by atoms with Crippen LogP contribution >= 0.6 is 0 Å². The van der Waals surface area contributed by atoms with Gasteiger partial charge in [-0.05, 0) is 37.1 Å². The van der Waals surface area contributed by atoms with Crippen molar-refractivity contribution in [3.05, 3.63) is 64.9 Å². The average Bonchev–Trinajstić information content (AvgIpc) is 2.44.